The Morgan fingerprint density at radius 3 is 3.15 bits per heavy atom. The number of aromatic nitrogens is 2. The summed E-state index contributed by atoms with van der Waals surface area (Å²) in [5.41, 5.74) is 1.10. The van der Waals surface area contributed by atoms with Crippen LogP contribution in [0.25, 0.3) is 11.8 Å². The second-order valence-corrected chi connectivity index (χ2v) is 5.53. The van der Waals surface area contributed by atoms with Crippen molar-refractivity contribution >= 4 is 29.5 Å². The van der Waals surface area contributed by atoms with E-state index in [0.717, 1.165) is 10.6 Å². The van der Waals surface area contributed by atoms with Crippen molar-refractivity contribution in [3.8, 4) is 5.69 Å². The van der Waals surface area contributed by atoms with Crippen LogP contribution >= 0.6 is 11.3 Å². The summed E-state index contributed by atoms with van der Waals surface area (Å²) < 4.78 is 1.97. The number of nitrogens with zero attached hydrogens (tertiary/aromatic N) is 4. The van der Waals surface area contributed by atoms with Gasteiger partial charge in [0.2, 0.25) is 5.91 Å². The number of allylic oxidation sites excluding steroid dienone is 1. The molecule has 1 aliphatic rings. The zero-order chi connectivity index (χ0) is 13.9. The number of carbonyl (C=O) groups excluding carboxylic acids is 1. The highest BCUT2D eigenvalue weighted by Gasteiger charge is 2.17. The van der Waals surface area contributed by atoms with E-state index in [1.54, 1.807) is 30.9 Å². The standard InChI is InChI=1S/C14H14N4OS/c1-17-14(19)6-11(8-16-17)2-3-13-7-12(9-20-13)18-5-4-15-10-18/h2-5,7-11H,6H2,1H3/b3-2+. The molecule has 1 amide bonds. The maximum absolute atomic E-state index is 11.5. The van der Waals surface area contributed by atoms with Gasteiger partial charge in [-0.25, -0.2) is 9.99 Å². The number of hydrazone groups is 1. The Bertz CT molecular complexity index is 657. The average Bonchev–Trinajstić information content (AvgIpc) is 3.09. The summed E-state index contributed by atoms with van der Waals surface area (Å²) in [7, 11) is 1.68. The van der Waals surface area contributed by atoms with Crippen molar-refractivity contribution in [2.75, 3.05) is 7.05 Å². The van der Waals surface area contributed by atoms with Crippen LogP contribution in [0.4, 0.5) is 0 Å². The Balaban J connectivity index is 1.71. The lowest BCUT2D eigenvalue weighted by Gasteiger charge is -2.18. The molecular weight excluding hydrogens is 272 g/mol. The molecule has 0 saturated carbocycles. The largest absolute Gasteiger partial charge is 0.305 e. The van der Waals surface area contributed by atoms with Crippen LogP contribution in [0, 0.1) is 5.92 Å². The monoisotopic (exact) mass is 286 g/mol. The molecule has 3 rings (SSSR count). The Labute approximate surface area is 120 Å². The second-order valence-electron chi connectivity index (χ2n) is 4.59. The third-order valence-corrected chi connectivity index (χ3v) is 4.00. The van der Waals surface area contributed by atoms with Crippen molar-refractivity contribution < 1.29 is 4.79 Å². The summed E-state index contributed by atoms with van der Waals surface area (Å²) in [6.07, 6.45) is 11.8. The van der Waals surface area contributed by atoms with E-state index in [1.807, 2.05) is 29.1 Å². The van der Waals surface area contributed by atoms with Crippen LogP contribution < -0.4 is 0 Å². The lowest BCUT2D eigenvalue weighted by atomic mass is 10.0. The van der Waals surface area contributed by atoms with Gasteiger partial charge in [0.25, 0.3) is 0 Å². The minimum atomic E-state index is 0.0486. The van der Waals surface area contributed by atoms with Gasteiger partial charge in [-0.1, -0.05) is 6.08 Å². The van der Waals surface area contributed by atoms with E-state index in [-0.39, 0.29) is 11.8 Å². The molecule has 0 bridgehead atoms. The predicted octanol–water partition coefficient (Wildman–Crippen LogP) is 2.41. The normalized spacial score (nSPS) is 19.1. The fraction of sp³-hybridized carbons (Fsp3) is 0.214. The van der Waals surface area contributed by atoms with Gasteiger partial charge in [-0.05, 0) is 12.1 Å². The fourth-order valence-corrected chi connectivity index (χ4v) is 2.74. The van der Waals surface area contributed by atoms with Crippen molar-refractivity contribution in [3.63, 3.8) is 0 Å². The topological polar surface area (TPSA) is 50.5 Å². The fourth-order valence-electron chi connectivity index (χ4n) is 1.95. The minimum absolute atomic E-state index is 0.0486. The van der Waals surface area contributed by atoms with Crippen LogP contribution in [0.2, 0.25) is 0 Å². The van der Waals surface area contributed by atoms with Gasteiger partial charge in [0.1, 0.15) is 0 Å². The maximum Gasteiger partial charge on any atom is 0.243 e. The molecule has 102 valence electrons. The lowest BCUT2D eigenvalue weighted by Crippen LogP contribution is -2.28. The number of carbonyl (C=O) groups is 1. The molecule has 0 N–H and O–H groups in total. The molecule has 0 saturated heterocycles. The van der Waals surface area contributed by atoms with Gasteiger partial charge >= 0.3 is 0 Å². The molecule has 2 aromatic heterocycles. The van der Waals surface area contributed by atoms with Crippen molar-refractivity contribution in [1.29, 1.82) is 0 Å². The van der Waals surface area contributed by atoms with Gasteiger partial charge in [0, 0.05) is 48.3 Å². The smallest absolute Gasteiger partial charge is 0.243 e. The number of hydrogen-bond donors (Lipinski definition) is 0. The Hall–Kier alpha value is -2.21. The predicted molar refractivity (Wildman–Crippen MR) is 79.8 cm³/mol. The van der Waals surface area contributed by atoms with Gasteiger partial charge in [0.15, 0.2) is 0 Å². The molecule has 1 unspecified atom stereocenters. The van der Waals surface area contributed by atoms with Crippen molar-refractivity contribution in [3.05, 3.63) is 41.1 Å². The van der Waals surface area contributed by atoms with Crippen LogP contribution in [0.1, 0.15) is 11.3 Å². The third kappa shape index (κ3) is 2.70. The SMILES string of the molecule is CN1N=CC(/C=C/c2cc(-n3ccnc3)cs2)CC1=O. The van der Waals surface area contributed by atoms with Gasteiger partial charge in [-0.15, -0.1) is 11.3 Å². The van der Waals surface area contributed by atoms with E-state index in [9.17, 15) is 4.79 Å². The number of amides is 1. The molecule has 3 heterocycles. The molecule has 0 aromatic carbocycles. The van der Waals surface area contributed by atoms with E-state index in [2.05, 4.69) is 21.5 Å². The van der Waals surface area contributed by atoms with Crippen molar-refractivity contribution in [2.45, 2.75) is 6.42 Å². The first kappa shape index (κ1) is 12.8. The highest BCUT2D eigenvalue weighted by atomic mass is 32.1. The highest BCUT2D eigenvalue weighted by molar-refractivity contribution is 7.11. The Morgan fingerprint density at radius 1 is 1.50 bits per heavy atom. The van der Waals surface area contributed by atoms with Crippen LogP contribution in [-0.2, 0) is 4.79 Å². The molecule has 0 aliphatic carbocycles. The minimum Gasteiger partial charge on any atom is -0.305 e. The lowest BCUT2D eigenvalue weighted by molar-refractivity contribution is -0.130. The zero-order valence-corrected chi connectivity index (χ0v) is 11.8. The average molecular weight is 286 g/mol. The molecule has 2 aromatic rings. The van der Waals surface area contributed by atoms with E-state index in [4.69, 9.17) is 0 Å². The van der Waals surface area contributed by atoms with E-state index < -0.39 is 0 Å². The van der Waals surface area contributed by atoms with Crippen LogP contribution in [0.5, 0.6) is 0 Å². The Kier molecular flexibility index (Phi) is 3.47. The summed E-state index contributed by atoms with van der Waals surface area (Å²) in [5, 5.41) is 7.51. The number of rotatable bonds is 3. The van der Waals surface area contributed by atoms with E-state index >= 15 is 0 Å². The molecule has 5 nitrogen and oxygen atoms in total. The van der Waals surface area contributed by atoms with Crippen LogP contribution in [0.3, 0.4) is 0 Å². The molecule has 1 aliphatic heterocycles. The summed E-state index contributed by atoms with van der Waals surface area (Å²) in [5.74, 6) is 0.130. The molecule has 1 atom stereocenters. The number of hydrogen-bond acceptors (Lipinski definition) is 4. The van der Waals surface area contributed by atoms with E-state index in [1.165, 1.54) is 5.01 Å². The second kappa shape index (κ2) is 5.42. The number of thiophene rings is 1. The van der Waals surface area contributed by atoms with Crippen molar-refractivity contribution in [1.82, 2.24) is 14.6 Å². The molecule has 6 heteroatoms. The zero-order valence-electron chi connectivity index (χ0n) is 11.0. The first-order valence-corrected chi connectivity index (χ1v) is 7.16. The first-order valence-electron chi connectivity index (χ1n) is 6.28. The van der Waals surface area contributed by atoms with Gasteiger partial charge in [-0.2, -0.15) is 5.10 Å². The van der Waals surface area contributed by atoms with Crippen molar-refractivity contribution in [2.24, 2.45) is 11.0 Å². The van der Waals surface area contributed by atoms with Crippen LogP contribution in [0.15, 0.2) is 41.3 Å². The van der Waals surface area contributed by atoms with Crippen LogP contribution in [-0.4, -0.2) is 33.7 Å². The molecule has 20 heavy (non-hydrogen) atoms. The number of imidazole rings is 1. The van der Waals surface area contributed by atoms with Gasteiger partial charge in [-0.3, -0.25) is 4.79 Å². The summed E-state index contributed by atoms with van der Waals surface area (Å²) in [6.45, 7) is 0. The quantitative estimate of drug-likeness (QED) is 0.870. The van der Waals surface area contributed by atoms with Gasteiger partial charge < -0.3 is 4.57 Å². The molecular formula is C14H14N4OS. The van der Waals surface area contributed by atoms with Gasteiger partial charge in [0.05, 0.1) is 12.0 Å². The molecule has 0 radical (unpaired) electrons. The highest BCUT2D eigenvalue weighted by Crippen LogP contribution is 2.21. The van der Waals surface area contributed by atoms with E-state index in [0.29, 0.717) is 6.42 Å². The first-order chi connectivity index (χ1) is 9.72. The summed E-state index contributed by atoms with van der Waals surface area (Å²) in [6, 6.07) is 2.09. The maximum atomic E-state index is 11.5. The molecule has 0 spiro atoms. The molecule has 0 fully saturated rings. The Morgan fingerprint density at radius 2 is 2.40 bits per heavy atom. The third-order valence-electron chi connectivity index (χ3n) is 3.12. The summed E-state index contributed by atoms with van der Waals surface area (Å²) in [4.78, 5) is 16.7. The summed E-state index contributed by atoms with van der Waals surface area (Å²) >= 11 is 1.66.